The first kappa shape index (κ1) is 24.5. The molecule has 2 amide bonds. The van der Waals surface area contributed by atoms with Gasteiger partial charge in [0.2, 0.25) is 0 Å². The number of hydrogen-bond acceptors (Lipinski definition) is 5. The fourth-order valence-electron chi connectivity index (χ4n) is 2.81. The maximum absolute atomic E-state index is 12.7. The van der Waals surface area contributed by atoms with Gasteiger partial charge in [0.05, 0.1) is 7.11 Å². The summed E-state index contributed by atoms with van der Waals surface area (Å²) in [6, 6.07) is 12.6. The van der Waals surface area contributed by atoms with Crippen molar-refractivity contribution in [3.8, 4) is 11.5 Å². The molecule has 0 heterocycles. The molecule has 0 aliphatic heterocycles. The Hall–Kier alpha value is -2.74. The molecule has 1 atom stereocenters. The summed E-state index contributed by atoms with van der Waals surface area (Å²) in [5.74, 6) is 0.762. The zero-order valence-electron chi connectivity index (χ0n) is 19.0. The van der Waals surface area contributed by atoms with E-state index in [-0.39, 0.29) is 28.3 Å². The monoisotopic (exact) mass is 448 g/mol. The molecular weight excluding hydrogens is 416 g/mol. The van der Waals surface area contributed by atoms with E-state index in [2.05, 4.69) is 5.32 Å². The quantitative estimate of drug-likeness (QED) is 0.598. The van der Waals surface area contributed by atoms with Crippen molar-refractivity contribution in [2.75, 3.05) is 7.11 Å². The van der Waals surface area contributed by atoms with Crippen LogP contribution in [0.25, 0.3) is 0 Å². The molecule has 2 aromatic carbocycles. The predicted molar refractivity (Wildman–Crippen MR) is 121 cm³/mol. The Kier molecular flexibility index (Phi) is 7.95. The van der Waals surface area contributed by atoms with Crippen LogP contribution in [0.1, 0.15) is 46.6 Å². The number of methoxy groups -OCH3 is 1. The number of hydrogen-bond donors (Lipinski definition) is 1. The van der Waals surface area contributed by atoms with Gasteiger partial charge in [0.1, 0.15) is 16.4 Å². The molecule has 0 spiro atoms. The van der Waals surface area contributed by atoms with Crippen molar-refractivity contribution >= 4 is 16.1 Å². The molecule has 0 aliphatic carbocycles. The van der Waals surface area contributed by atoms with Crippen LogP contribution >= 0.6 is 0 Å². The molecule has 8 heteroatoms. The van der Waals surface area contributed by atoms with E-state index in [4.69, 9.17) is 8.92 Å². The van der Waals surface area contributed by atoms with Crippen LogP contribution in [-0.2, 0) is 16.7 Å². The third kappa shape index (κ3) is 7.17. The summed E-state index contributed by atoms with van der Waals surface area (Å²) < 4.78 is 35.3. The molecular formula is C23H32N2O5S. The van der Waals surface area contributed by atoms with Crippen LogP contribution in [0.5, 0.6) is 11.5 Å². The first-order valence-corrected chi connectivity index (χ1v) is 11.6. The van der Waals surface area contributed by atoms with Crippen molar-refractivity contribution in [3.05, 3.63) is 54.1 Å². The molecule has 0 unspecified atom stereocenters. The van der Waals surface area contributed by atoms with Gasteiger partial charge in [-0.25, -0.2) is 4.79 Å². The molecule has 0 saturated heterocycles. The second kappa shape index (κ2) is 10.0. The van der Waals surface area contributed by atoms with Gasteiger partial charge in [-0.05, 0) is 76.1 Å². The van der Waals surface area contributed by atoms with Crippen LogP contribution < -0.4 is 14.2 Å². The minimum absolute atomic E-state index is 0.0409. The number of carbonyl (C=O) groups is 1. The van der Waals surface area contributed by atoms with Crippen LogP contribution in [-0.4, -0.2) is 38.0 Å². The van der Waals surface area contributed by atoms with Crippen molar-refractivity contribution < 1.29 is 22.1 Å². The molecule has 1 N–H and O–H groups in total. The van der Waals surface area contributed by atoms with Crippen LogP contribution in [0.3, 0.4) is 0 Å². The number of ether oxygens (including phenoxy) is 1. The first-order valence-electron chi connectivity index (χ1n) is 10.2. The summed E-state index contributed by atoms with van der Waals surface area (Å²) in [7, 11) is -2.44. The van der Waals surface area contributed by atoms with E-state index < -0.39 is 10.1 Å². The molecule has 31 heavy (non-hydrogen) atoms. The second-order valence-electron chi connectivity index (χ2n) is 8.42. The Morgan fingerprint density at radius 1 is 1.03 bits per heavy atom. The summed E-state index contributed by atoms with van der Waals surface area (Å²) in [6.07, 6.45) is 0.818. The highest BCUT2D eigenvalue weighted by molar-refractivity contribution is 7.87. The molecule has 0 fully saturated rings. The highest BCUT2D eigenvalue weighted by Gasteiger charge is 2.23. The first-order chi connectivity index (χ1) is 14.4. The number of benzene rings is 2. The standard InChI is InChI=1S/C23H32N2O5S/c1-7-17(2)25(22(26)24-23(3,4)5)16-18-8-10-20(11-9-18)30-31(27,28)21-14-12-19(29-6)13-15-21/h8-15,17H,7,16H2,1-6H3,(H,24,26)/t17-/m1/s1. The fraction of sp³-hybridized carbons (Fsp3) is 0.435. The number of rotatable bonds is 8. The number of nitrogens with one attached hydrogen (secondary N) is 1. The summed E-state index contributed by atoms with van der Waals surface area (Å²) in [5, 5.41) is 3.00. The minimum atomic E-state index is -3.96. The second-order valence-corrected chi connectivity index (χ2v) is 9.97. The van der Waals surface area contributed by atoms with Crippen molar-refractivity contribution in [3.63, 3.8) is 0 Å². The van der Waals surface area contributed by atoms with Gasteiger partial charge in [-0.2, -0.15) is 8.42 Å². The highest BCUT2D eigenvalue weighted by Crippen LogP contribution is 2.22. The summed E-state index contributed by atoms with van der Waals surface area (Å²) in [4.78, 5) is 14.5. The molecule has 0 aliphatic rings. The maximum atomic E-state index is 12.7. The summed E-state index contributed by atoms with van der Waals surface area (Å²) in [5.41, 5.74) is 0.537. The van der Waals surface area contributed by atoms with Gasteiger partial charge in [0, 0.05) is 18.1 Å². The summed E-state index contributed by atoms with van der Waals surface area (Å²) in [6.45, 7) is 10.3. The Bertz CT molecular complexity index is 965. The number of urea groups is 1. The smallest absolute Gasteiger partial charge is 0.339 e. The molecule has 2 aromatic rings. The van der Waals surface area contributed by atoms with Crippen molar-refractivity contribution in [1.29, 1.82) is 0 Å². The van der Waals surface area contributed by atoms with Crippen LogP contribution in [0.15, 0.2) is 53.4 Å². The number of carbonyl (C=O) groups excluding carboxylic acids is 1. The SMILES string of the molecule is CC[C@@H](C)N(Cc1ccc(OS(=O)(=O)c2ccc(OC)cc2)cc1)C(=O)NC(C)(C)C. The average Bonchev–Trinajstić information content (AvgIpc) is 2.71. The summed E-state index contributed by atoms with van der Waals surface area (Å²) >= 11 is 0. The van der Waals surface area contributed by atoms with Crippen LogP contribution in [0, 0.1) is 0 Å². The molecule has 0 radical (unpaired) electrons. The van der Waals surface area contributed by atoms with Gasteiger partial charge in [-0.3, -0.25) is 0 Å². The van der Waals surface area contributed by atoms with E-state index in [1.165, 1.54) is 19.2 Å². The molecule has 0 saturated carbocycles. The fourth-order valence-corrected chi connectivity index (χ4v) is 3.74. The molecule has 2 rings (SSSR count). The predicted octanol–water partition coefficient (Wildman–Crippen LogP) is 4.57. The van der Waals surface area contributed by atoms with Gasteiger partial charge in [-0.1, -0.05) is 19.1 Å². The molecule has 7 nitrogen and oxygen atoms in total. The Morgan fingerprint density at radius 2 is 1.58 bits per heavy atom. The number of nitrogens with zero attached hydrogens (tertiary/aromatic N) is 1. The lowest BCUT2D eigenvalue weighted by Gasteiger charge is -2.32. The largest absolute Gasteiger partial charge is 0.497 e. The van der Waals surface area contributed by atoms with Gasteiger partial charge in [0.15, 0.2) is 0 Å². The van der Waals surface area contributed by atoms with E-state index in [9.17, 15) is 13.2 Å². The van der Waals surface area contributed by atoms with E-state index in [0.717, 1.165) is 12.0 Å². The average molecular weight is 449 g/mol. The lowest BCUT2D eigenvalue weighted by Crippen LogP contribution is -2.50. The Labute approximate surface area is 185 Å². The van der Waals surface area contributed by atoms with Gasteiger partial charge >= 0.3 is 16.1 Å². The van der Waals surface area contributed by atoms with Crippen molar-refractivity contribution in [2.45, 2.75) is 64.1 Å². The molecule has 0 bridgehead atoms. The third-order valence-electron chi connectivity index (χ3n) is 4.70. The van der Waals surface area contributed by atoms with E-state index in [1.807, 2.05) is 34.6 Å². The zero-order valence-corrected chi connectivity index (χ0v) is 19.8. The van der Waals surface area contributed by atoms with Gasteiger partial charge < -0.3 is 19.1 Å². The Balaban J connectivity index is 2.12. The minimum Gasteiger partial charge on any atom is -0.497 e. The topological polar surface area (TPSA) is 84.9 Å². The van der Waals surface area contributed by atoms with Gasteiger partial charge in [-0.15, -0.1) is 0 Å². The van der Waals surface area contributed by atoms with E-state index in [1.54, 1.807) is 41.3 Å². The van der Waals surface area contributed by atoms with E-state index >= 15 is 0 Å². The zero-order chi connectivity index (χ0) is 23.2. The van der Waals surface area contributed by atoms with E-state index in [0.29, 0.717) is 12.3 Å². The van der Waals surface area contributed by atoms with Crippen LogP contribution in [0.2, 0.25) is 0 Å². The lowest BCUT2D eigenvalue weighted by molar-refractivity contribution is 0.165. The van der Waals surface area contributed by atoms with Crippen LogP contribution in [0.4, 0.5) is 4.79 Å². The lowest BCUT2D eigenvalue weighted by atomic mass is 10.1. The normalized spacial score (nSPS) is 12.7. The third-order valence-corrected chi connectivity index (χ3v) is 5.96. The molecule has 0 aromatic heterocycles. The number of amides is 2. The molecule has 170 valence electrons. The Morgan fingerprint density at radius 3 is 2.06 bits per heavy atom. The van der Waals surface area contributed by atoms with Crippen molar-refractivity contribution in [1.82, 2.24) is 10.2 Å². The maximum Gasteiger partial charge on any atom is 0.339 e. The van der Waals surface area contributed by atoms with Crippen molar-refractivity contribution in [2.24, 2.45) is 0 Å². The van der Waals surface area contributed by atoms with Gasteiger partial charge in [0.25, 0.3) is 0 Å². The highest BCUT2D eigenvalue weighted by atomic mass is 32.2.